The van der Waals surface area contributed by atoms with E-state index in [2.05, 4.69) is 15.5 Å². The van der Waals surface area contributed by atoms with Gasteiger partial charge < -0.3 is 5.32 Å². The van der Waals surface area contributed by atoms with Crippen LogP contribution in [-0.4, -0.2) is 25.5 Å². The lowest BCUT2D eigenvalue weighted by Gasteiger charge is -2.10. The average Bonchev–Trinajstić information content (AvgIpc) is 3.26. The monoisotopic (exact) mass is 423 g/mol. The number of hydrogen-bond acceptors (Lipinski definition) is 3. The summed E-state index contributed by atoms with van der Waals surface area (Å²) in [5.74, 6) is -0.404. The van der Waals surface area contributed by atoms with E-state index in [9.17, 15) is 18.0 Å². The van der Waals surface area contributed by atoms with Crippen molar-refractivity contribution in [2.45, 2.75) is 38.0 Å². The number of halogens is 4. The molecule has 0 atom stereocenters. The molecule has 4 rings (SSSR count). The summed E-state index contributed by atoms with van der Waals surface area (Å²) >= 11 is 5.85. The van der Waals surface area contributed by atoms with Crippen molar-refractivity contribution >= 4 is 23.2 Å². The minimum Gasteiger partial charge on any atom is -0.324 e. The zero-order valence-electron chi connectivity index (χ0n) is 15.2. The molecule has 2 aromatic heterocycles. The van der Waals surface area contributed by atoms with Gasteiger partial charge in [0, 0.05) is 23.5 Å². The maximum atomic E-state index is 13.0. The smallest absolute Gasteiger partial charge is 0.324 e. The first-order valence-corrected chi connectivity index (χ1v) is 9.37. The molecule has 2 heterocycles. The van der Waals surface area contributed by atoms with Gasteiger partial charge in [0.25, 0.3) is 0 Å². The largest absolute Gasteiger partial charge is 0.435 e. The van der Waals surface area contributed by atoms with Crippen LogP contribution in [0.3, 0.4) is 0 Å². The molecule has 1 aromatic carbocycles. The van der Waals surface area contributed by atoms with Crippen molar-refractivity contribution in [1.29, 1.82) is 0 Å². The maximum absolute atomic E-state index is 13.0. The van der Waals surface area contributed by atoms with Crippen LogP contribution in [0.2, 0.25) is 5.02 Å². The molecule has 10 heteroatoms. The Morgan fingerprint density at radius 1 is 1.28 bits per heavy atom. The maximum Gasteiger partial charge on any atom is 0.435 e. The van der Waals surface area contributed by atoms with Gasteiger partial charge in [-0.05, 0) is 36.6 Å². The van der Waals surface area contributed by atoms with Crippen LogP contribution in [0.1, 0.15) is 35.7 Å². The van der Waals surface area contributed by atoms with E-state index in [0.717, 1.165) is 29.2 Å². The van der Waals surface area contributed by atoms with Crippen molar-refractivity contribution in [3.05, 3.63) is 64.7 Å². The highest BCUT2D eigenvalue weighted by Crippen LogP contribution is 2.42. The number of aromatic nitrogens is 4. The Bertz CT molecular complexity index is 1040. The van der Waals surface area contributed by atoms with Crippen LogP contribution in [0, 0.1) is 0 Å². The first-order valence-electron chi connectivity index (χ1n) is 8.99. The summed E-state index contributed by atoms with van der Waals surface area (Å²) in [4.78, 5) is 12.4. The molecule has 0 aliphatic heterocycles. The van der Waals surface area contributed by atoms with Gasteiger partial charge in [-0.2, -0.15) is 23.4 Å². The van der Waals surface area contributed by atoms with Gasteiger partial charge in [0.2, 0.25) is 5.91 Å². The first-order chi connectivity index (χ1) is 13.8. The van der Waals surface area contributed by atoms with E-state index in [0.29, 0.717) is 22.9 Å². The predicted molar refractivity (Wildman–Crippen MR) is 101 cm³/mol. The Kier molecular flexibility index (Phi) is 5.08. The van der Waals surface area contributed by atoms with E-state index in [4.69, 9.17) is 11.6 Å². The topological polar surface area (TPSA) is 64.7 Å². The number of nitrogens with zero attached hydrogens (tertiary/aromatic N) is 4. The summed E-state index contributed by atoms with van der Waals surface area (Å²) in [7, 11) is 0. The van der Waals surface area contributed by atoms with E-state index in [1.165, 1.54) is 6.20 Å². The van der Waals surface area contributed by atoms with Crippen LogP contribution < -0.4 is 5.32 Å². The van der Waals surface area contributed by atoms with Crippen LogP contribution in [0.25, 0.3) is 0 Å². The number of hydrogen-bond donors (Lipinski definition) is 1. The van der Waals surface area contributed by atoms with Gasteiger partial charge in [-0.1, -0.05) is 23.7 Å². The number of alkyl halides is 3. The van der Waals surface area contributed by atoms with Crippen molar-refractivity contribution in [3.63, 3.8) is 0 Å². The molecule has 0 radical (unpaired) electrons. The normalized spacial score (nSPS) is 14.2. The number of carbonyl (C=O) groups excluding carboxylic acids is 1. The van der Waals surface area contributed by atoms with Gasteiger partial charge in [-0.15, -0.1) is 0 Å². The summed E-state index contributed by atoms with van der Waals surface area (Å²) < 4.78 is 41.8. The van der Waals surface area contributed by atoms with Crippen molar-refractivity contribution in [1.82, 2.24) is 19.6 Å². The fourth-order valence-electron chi connectivity index (χ4n) is 3.10. The van der Waals surface area contributed by atoms with E-state index in [-0.39, 0.29) is 12.5 Å². The summed E-state index contributed by atoms with van der Waals surface area (Å²) in [5.41, 5.74) is 0.922. The number of amides is 1. The minimum atomic E-state index is -4.53. The molecule has 1 N–H and O–H groups in total. The fraction of sp³-hybridized carbons (Fsp3) is 0.316. The third kappa shape index (κ3) is 4.79. The Balaban J connectivity index is 1.45. The number of benzene rings is 1. The molecule has 0 unspecified atom stereocenters. The molecular weight excluding hydrogens is 407 g/mol. The molecule has 0 bridgehead atoms. The molecule has 0 spiro atoms. The highest BCUT2D eigenvalue weighted by Gasteiger charge is 2.38. The molecule has 1 aliphatic carbocycles. The molecule has 3 aromatic rings. The fourth-order valence-corrected chi connectivity index (χ4v) is 3.26. The van der Waals surface area contributed by atoms with Crippen LogP contribution >= 0.6 is 11.6 Å². The summed E-state index contributed by atoms with van der Waals surface area (Å²) in [6.45, 7) is 0.192. The zero-order valence-corrected chi connectivity index (χ0v) is 15.9. The molecule has 1 fully saturated rings. The Morgan fingerprint density at radius 3 is 2.72 bits per heavy atom. The van der Waals surface area contributed by atoms with Crippen molar-refractivity contribution in [3.8, 4) is 0 Å². The van der Waals surface area contributed by atoms with Gasteiger partial charge in [0.05, 0.1) is 17.8 Å². The second kappa shape index (κ2) is 7.55. The second-order valence-corrected chi connectivity index (χ2v) is 7.43. The summed E-state index contributed by atoms with van der Waals surface area (Å²) in [6, 6.07) is 8.19. The summed E-state index contributed by atoms with van der Waals surface area (Å²) in [5, 5.41) is 11.0. The molecule has 1 aliphatic rings. The Morgan fingerprint density at radius 2 is 2.07 bits per heavy atom. The lowest BCUT2D eigenvalue weighted by molar-refractivity contribution is -0.141. The van der Waals surface area contributed by atoms with Gasteiger partial charge in [0.15, 0.2) is 5.69 Å². The van der Waals surface area contributed by atoms with Gasteiger partial charge >= 0.3 is 6.18 Å². The highest BCUT2D eigenvalue weighted by molar-refractivity contribution is 6.30. The van der Waals surface area contributed by atoms with Crippen molar-refractivity contribution < 1.29 is 18.0 Å². The van der Waals surface area contributed by atoms with Crippen LogP contribution in [-0.2, 0) is 24.1 Å². The molecule has 0 saturated heterocycles. The van der Waals surface area contributed by atoms with Gasteiger partial charge in [-0.3, -0.25) is 14.2 Å². The number of anilines is 1. The lowest BCUT2D eigenvalue weighted by atomic mass is 10.2. The third-order valence-corrected chi connectivity index (χ3v) is 4.74. The molecule has 1 saturated carbocycles. The first kappa shape index (κ1) is 19.5. The quantitative estimate of drug-likeness (QED) is 0.642. The van der Waals surface area contributed by atoms with Gasteiger partial charge in [0.1, 0.15) is 6.54 Å². The third-order valence-electron chi connectivity index (χ3n) is 4.55. The van der Waals surface area contributed by atoms with Gasteiger partial charge in [-0.25, -0.2) is 0 Å². The molecule has 29 heavy (non-hydrogen) atoms. The van der Waals surface area contributed by atoms with Crippen molar-refractivity contribution in [2.24, 2.45) is 0 Å². The Hall–Kier alpha value is -2.81. The number of carbonyl (C=O) groups is 1. The SMILES string of the molecule is O=C(Cn1nc(C(F)(F)F)cc1C1CC1)Nc1cccc(Cn2cc(Cl)cn2)c1. The molecule has 6 nitrogen and oxygen atoms in total. The van der Waals surface area contributed by atoms with Crippen LogP contribution in [0.5, 0.6) is 0 Å². The average molecular weight is 424 g/mol. The molecule has 152 valence electrons. The standard InChI is InChI=1S/C19H17ClF3N5O/c20-14-8-24-27(10-14)9-12-2-1-3-15(6-12)25-18(29)11-28-16(13-4-5-13)7-17(26-28)19(21,22)23/h1-3,6-8,10,13H,4-5,9,11H2,(H,25,29). The highest BCUT2D eigenvalue weighted by atomic mass is 35.5. The van der Waals surface area contributed by atoms with Crippen molar-refractivity contribution in [2.75, 3.05) is 5.32 Å². The van der Waals surface area contributed by atoms with Crippen LogP contribution in [0.4, 0.5) is 18.9 Å². The van der Waals surface area contributed by atoms with E-state index >= 15 is 0 Å². The molecular formula is C19H17ClF3N5O. The summed E-state index contributed by atoms with van der Waals surface area (Å²) in [6.07, 6.45) is 0.301. The lowest BCUT2D eigenvalue weighted by Crippen LogP contribution is -2.21. The minimum absolute atomic E-state index is 0.0376. The number of rotatable bonds is 6. The predicted octanol–water partition coefficient (Wildman–Crippen LogP) is 4.32. The van der Waals surface area contributed by atoms with E-state index in [1.54, 1.807) is 29.1 Å². The molecule has 1 amide bonds. The second-order valence-electron chi connectivity index (χ2n) is 6.99. The number of nitrogens with one attached hydrogen (secondary N) is 1. The Labute approximate surface area is 169 Å². The van der Waals surface area contributed by atoms with E-state index < -0.39 is 17.8 Å². The van der Waals surface area contributed by atoms with Crippen LogP contribution in [0.15, 0.2) is 42.7 Å². The zero-order chi connectivity index (χ0) is 20.6. The van der Waals surface area contributed by atoms with E-state index in [1.807, 2.05) is 6.07 Å².